The molecule has 0 radical (unpaired) electrons. The summed E-state index contributed by atoms with van der Waals surface area (Å²) >= 11 is 13.1. The summed E-state index contributed by atoms with van der Waals surface area (Å²) in [5, 5.41) is 11.7. The van der Waals surface area contributed by atoms with Gasteiger partial charge in [0.2, 0.25) is 0 Å². The number of benzene rings is 3. The van der Waals surface area contributed by atoms with Gasteiger partial charge in [0, 0.05) is 6.54 Å². The molecule has 5 aromatic rings. The van der Waals surface area contributed by atoms with Gasteiger partial charge < -0.3 is 10.3 Å². The van der Waals surface area contributed by atoms with Crippen LogP contribution in [-0.4, -0.2) is 37.4 Å². The Morgan fingerprint density at radius 2 is 1.76 bits per heavy atom. The molecule has 0 saturated carbocycles. The molecule has 2 heterocycles. The summed E-state index contributed by atoms with van der Waals surface area (Å²) < 4.78 is 1.59. The van der Waals surface area contributed by atoms with Gasteiger partial charge in [-0.3, -0.25) is 4.79 Å². The van der Waals surface area contributed by atoms with Crippen molar-refractivity contribution in [2.24, 2.45) is 0 Å². The number of hydrogen-bond donors (Lipinski definition) is 2. The Morgan fingerprint density at radius 1 is 1.05 bits per heavy atom. The van der Waals surface area contributed by atoms with Gasteiger partial charge in [0.25, 0.3) is 5.91 Å². The Kier molecular flexibility index (Phi) is 7.00. The fourth-order valence-corrected chi connectivity index (χ4v) is 4.94. The van der Waals surface area contributed by atoms with Crippen LogP contribution in [0.15, 0.2) is 60.8 Å². The standard InChI is InChI=1S/C28H26Cl2N6O/c1-4-19-15-36(35-34-19)20-12-22(29)26(23(30)13-20)28(37)31-14-21(18-8-6-5-7-9-18)27-32-24-10-16(2)17(3)11-25(24)33-27/h5-13,15,21H,4,14H2,1-3H3,(H,31,37)(H,32,33). The third kappa shape index (κ3) is 5.10. The van der Waals surface area contributed by atoms with E-state index in [1.54, 1.807) is 16.8 Å². The zero-order valence-corrected chi connectivity index (χ0v) is 22.2. The number of carbonyl (C=O) groups is 1. The zero-order chi connectivity index (χ0) is 26.1. The van der Waals surface area contributed by atoms with E-state index in [0.29, 0.717) is 12.2 Å². The lowest BCUT2D eigenvalue weighted by atomic mass is 9.98. The molecule has 0 fully saturated rings. The first kappa shape index (κ1) is 25.0. The van der Waals surface area contributed by atoms with Crippen LogP contribution in [0.4, 0.5) is 0 Å². The number of aromatic amines is 1. The van der Waals surface area contributed by atoms with Crippen molar-refractivity contribution >= 4 is 40.1 Å². The van der Waals surface area contributed by atoms with Crippen molar-refractivity contribution in [3.8, 4) is 5.69 Å². The molecule has 1 amide bonds. The number of aryl methyl sites for hydroxylation is 3. The van der Waals surface area contributed by atoms with Gasteiger partial charge in [-0.2, -0.15) is 0 Å². The minimum atomic E-state index is -0.363. The van der Waals surface area contributed by atoms with Crippen LogP contribution < -0.4 is 5.32 Å². The molecule has 9 heteroatoms. The molecule has 37 heavy (non-hydrogen) atoms. The van der Waals surface area contributed by atoms with Gasteiger partial charge in [0.1, 0.15) is 5.82 Å². The summed E-state index contributed by atoms with van der Waals surface area (Å²) in [4.78, 5) is 21.6. The van der Waals surface area contributed by atoms with E-state index >= 15 is 0 Å². The zero-order valence-electron chi connectivity index (χ0n) is 20.7. The maximum Gasteiger partial charge on any atom is 0.254 e. The number of hydrogen-bond acceptors (Lipinski definition) is 4. The number of halogens is 2. The normalized spacial score (nSPS) is 12.1. The molecule has 7 nitrogen and oxygen atoms in total. The van der Waals surface area contributed by atoms with E-state index < -0.39 is 0 Å². The van der Waals surface area contributed by atoms with E-state index in [-0.39, 0.29) is 27.4 Å². The lowest BCUT2D eigenvalue weighted by Crippen LogP contribution is -2.30. The van der Waals surface area contributed by atoms with Crippen molar-refractivity contribution in [1.29, 1.82) is 0 Å². The van der Waals surface area contributed by atoms with Crippen molar-refractivity contribution < 1.29 is 4.79 Å². The van der Waals surface area contributed by atoms with Crippen LogP contribution in [0.25, 0.3) is 16.7 Å². The average Bonchev–Trinajstić information content (AvgIpc) is 3.52. The van der Waals surface area contributed by atoms with Crippen LogP contribution in [0.2, 0.25) is 10.0 Å². The fraction of sp³-hybridized carbons (Fsp3) is 0.214. The van der Waals surface area contributed by atoms with Crippen molar-refractivity contribution in [2.75, 3.05) is 6.54 Å². The molecule has 1 atom stereocenters. The maximum absolute atomic E-state index is 13.3. The van der Waals surface area contributed by atoms with Gasteiger partial charge in [-0.25, -0.2) is 9.67 Å². The van der Waals surface area contributed by atoms with Gasteiger partial charge in [-0.05, 0) is 61.2 Å². The lowest BCUT2D eigenvalue weighted by Gasteiger charge is -2.17. The summed E-state index contributed by atoms with van der Waals surface area (Å²) in [6.07, 6.45) is 2.57. The quantitative estimate of drug-likeness (QED) is 0.261. The van der Waals surface area contributed by atoms with Crippen LogP contribution in [0.1, 0.15) is 51.4 Å². The molecular weight excluding hydrogens is 507 g/mol. The monoisotopic (exact) mass is 532 g/mol. The third-order valence-electron chi connectivity index (χ3n) is 6.54. The Balaban J connectivity index is 1.42. The molecule has 0 aliphatic heterocycles. The SMILES string of the molecule is CCc1cn(-c2cc(Cl)c(C(=O)NCC(c3ccccc3)c3nc4cc(C)c(C)cc4[nH]3)c(Cl)c2)nn1. The van der Waals surface area contributed by atoms with Gasteiger partial charge in [-0.15, -0.1) is 5.10 Å². The fourth-order valence-electron chi connectivity index (χ4n) is 4.29. The molecule has 3 aromatic carbocycles. The Bertz CT molecular complexity index is 1530. The number of H-pyrrole nitrogens is 1. The van der Waals surface area contributed by atoms with Gasteiger partial charge in [0.15, 0.2) is 0 Å². The second-order valence-electron chi connectivity index (χ2n) is 9.04. The third-order valence-corrected chi connectivity index (χ3v) is 7.13. The molecular formula is C28H26Cl2N6O. The molecule has 188 valence electrons. The van der Waals surface area contributed by atoms with Crippen molar-refractivity contribution in [3.05, 3.63) is 105 Å². The minimum Gasteiger partial charge on any atom is -0.351 e. The maximum atomic E-state index is 13.3. The largest absolute Gasteiger partial charge is 0.351 e. The summed E-state index contributed by atoms with van der Waals surface area (Å²) in [7, 11) is 0. The number of imidazole rings is 1. The van der Waals surface area contributed by atoms with E-state index in [2.05, 4.69) is 46.6 Å². The number of fused-ring (bicyclic) bond motifs is 1. The highest BCUT2D eigenvalue weighted by Gasteiger charge is 2.22. The number of nitrogens with one attached hydrogen (secondary N) is 2. The summed E-state index contributed by atoms with van der Waals surface area (Å²) in [5.41, 5.74) is 6.95. The first-order valence-corrected chi connectivity index (χ1v) is 12.8. The molecule has 0 aliphatic rings. The van der Waals surface area contributed by atoms with Crippen molar-refractivity contribution in [1.82, 2.24) is 30.3 Å². The summed E-state index contributed by atoms with van der Waals surface area (Å²) in [6.45, 7) is 6.45. The van der Waals surface area contributed by atoms with Crippen LogP contribution in [0.5, 0.6) is 0 Å². The number of carbonyl (C=O) groups excluding carboxylic acids is 1. The van der Waals surface area contributed by atoms with Crippen molar-refractivity contribution in [2.45, 2.75) is 33.1 Å². The van der Waals surface area contributed by atoms with Crippen molar-refractivity contribution in [3.63, 3.8) is 0 Å². The first-order chi connectivity index (χ1) is 17.8. The molecule has 1 unspecified atom stereocenters. The van der Waals surface area contributed by atoms with Gasteiger partial charge >= 0.3 is 0 Å². The second kappa shape index (κ2) is 10.4. The van der Waals surface area contributed by atoms with Crippen LogP contribution in [0, 0.1) is 13.8 Å². The molecule has 0 bridgehead atoms. The smallest absolute Gasteiger partial charge is 0.254 e. The Labute approximate surface area is 224 Å². The predicted octanol–water partition coefficient (Wildman–Crippen LogP) is 6.19. The average molecular weight is 533 g/mol. The van der Waals surface area contributed by atoms with Crippen LogP contribution in [0.3, 0.4) is 0 Å². The van der Waals surface area contributed by atoms with Crippen LogP contribution in [-0.2, 0) is 6.42 Å². The molecule has 0 aliphatic carbocycles. The van der Waals surface area contributed by atoms with E-state index in [4.69, 9.17) is 28.2 Å². The minimum absolute atomic E-state index is 0.197. The number of nitrogens with zero attached hydrogens (tertiary/aromatic N) is 4. The van der Waals surface area contributed by atoms with E-state index in [1.807, 2.05) is 43.5 Å². The second-order valence-corrected chi connectivity index (χ2v) is 9.86. The summed E-state index contributed by atoms with van der Waals surface area (Å²) in [6, 6.07) is 17.5. The van der Waals surface area contributed by atoms with Crippen LogP contribution >= 0.6 is 23.2 Å². The molecule has 5 rings (SSSR count). The number of amides is 1. The highest BCUT2D eigenvalue weighted by molar-refractivity contribution is 6.40. The predicted molar refractivity (Wildman–Crippen MR) is 147 cm³/mol. The van der Waals surface area contributed by atoms with E-state index in [9.17, 15) is 4.79 Å². The topological polar surface area (TPSA) is 88.5 Å². The molecule has 2 aromatic heterocycles. The molecule has 2 N–H and O–H groups in total. The number of aromatic nitrogens is 5. The Hall–Kier alpha value is -3.68. The Morgan fingerprint density at radius 3 is 2.43 bits per heavy atom. The number of rotatable bonds is 7. The van der Waals surface area contributed by atoms with Gasteiger partial charge in [0.05, 0.1) is 50.1 Å². The highest BCUT2D eigenvalue weighted by Crippen LogP contribution is 2.30. The van der Waals surface area contributed by atoms with Gasteiger partial charge in [-0.1, -0.05) is 65.7 Å². The summed E-state index contributed by atoms with van der Waals surface area (Å²) in [5.74, 6) is 0.215. The molecule has 0 saturated heterocycles. The highest BCUT2D eigenvalue weighted by atomic mass is 35.5. The first-order valence-electron chi connectivity index (χ1n) is 12.0. The van der Waals surface area contributed by atoms with E-state index in [0.717, 1.165) is 34.5 Å². The lowest BCUT2D eigenvalue weighted by molar-refractivity contribution is 0.0952. The molecule has 0 spiro atoms. The van der Waals surface area contributed by atoms with E-state index in [1.165, 1.54) is 11.1 Å².